The molecule has 1 aromatic carbocycles. The SMILES string of the molecule is CN1CC[C@]2(CN(C[C@H]3CCOC3)C[C@H]2c2ccccc2)C1=O. The van der Waals surface area contributed by atoms with Gasteiger partial charge >= 0.3 is 0 Å². The fraction of sp³-hybridized carbons (Fsp3) is 0.632. The molecule has 3 heterocycles. The molecule has 23 heavy (non-hydrogen) atoms. The number of likely N-dealkylation sites (tertiary alicyclic amines) is 2. The molecule has 1 spiro atoms. The van der Waals surface area contributed by atoms with Crippen LogP contribution in [0.15, 0.2) is 30.3 Å². The highest BCUT2D eigenvalue weighted by Gasteiger charge is 2.56. The first kappa shape index (κ1) is 15.2. The number of carbonyl (C=O) groups excluding carboxylic acids is 1. The van der Waals surface area contributed by atoms with Crippen molar-refractivity contribution in [1.82, 2.24) is 9.80 Å². The first-order valence-electron chi connectivity index (χ1n) is 8.80. The van der Waals surface area contributed by atoms with Crippen molar-refractivity contribution >= 4 is 5.91 Å². The minimum Gasteiger partial charge on any atom is -0.381 e. The lowest BCUT2D eigenvalue weighted by Gasteiger charge is -2.28. The smallest absolute Gasteiger partial charge is 0.230 e. The monoisotopic (exact) mass is 314 g/mol. The van der Waals surface area contributed by atoms with Gasteiger partial charge in [0.05, 0.1) is 12.0 Å². The van der Waals surface area contributed by atoms with E-state index in [2.05, 4.69) is 35.2 Å². The van der Waals surface area contributed by atoms with E-state index in [0.29, 0.717) is 17.7 Å². The van der Waals surface area contributed by atoms with E-state index in [1.807, 2.05) is 11.9 Å². The second kappa shape index (κ2) is 5.91. The summed E-state index contributed by atoms with van der Waals surface area (Å²) in [4.78, 5) is 17.4. The molecule has 0 N–H and O–H groups in total. The Labute approximate surface area is 138 Å². The van der Waals surface area contributed by atoms with Crippen LogP contribution in [0.4, 0.5) is 0 Å². The predicted octanol–water partition coefficient (Wildman–Crippen LogP) is 1.97. The minimum absolute atomic E-state index is 0.213. The van der Waals surface area contributed by atoms with E-state index < -0.39 is 0 Å². The summed E-state index contributed by atoms with van der Waals surface area (Å²) in [5.74, 6) is 1.30. The maximum absolute atomic E-state index is 13.0. The van der Waals surface area contributed by atoms with Gasteiger partial charge in [0.25, 0.3) is 0 Å². The number of carbonyl (C=O) groups is 1. The quantitative estimate of drug-likeness (QED) is 0.855. The van der Waals surface area contributed by atoms with Crippen molar-refractivity contribution in [2.45, 2.75) is 18.8 Å². The molecule has 4 heteroatoms. The van der Waals surface area contributed by atoms with Crippen molar-refractivity contribution in [3.8, 4) is 0 Å². The summed E-state index contributed by atoms with van der Waals surface area (Å²) in [5, 5.41) is 0. The summed E-state index contributed by atoms with van der Waals surface area (Å²) >= 11 is 0. The van der Waals surface area contributed by atoms with Gasteiger partial charge < -0.3 is 14.5 Å². The summed E-state index contributed by atoms with van der Waals surface area (Å²) in [7, 11) is 1.95. The normalized spacial score (nSPS) is 34.8. The van der Waals surface area contributed by atoms with Crippen LogP contribution in [0.25, 0.3) is 0 Å². The maximum Gasteiger partial charge on any atom is 0.230 e. The van der Waals surface area contributed by atoms with Crippen LogP contribution in [-0.4, -0.2) is 62.1 Å². The zero-order valence-corrected chi connectivity index (χ0v) is 13.9. The third kappa shape index (κ3) is 2.58. The van der Waals surface area contributed by atoms with Gasteiger partial charge in [-0.05, 0) is 24.3 Å². The molecular weight excluding hydrogens is 288 g/mol. The summed E-state index contributed by atoms with van der Waals surface area (Å²) in [6.45, 7) is 5.65. The van der Waals surface area contributed by atoms with Gasteiger partial charge in [-0.2, -0.15) is 0 Å². The third-order valence-electron chi connectivity index (χ3n) is 6.02. The van der Waals surface area contributed by atoms with Crippen LogP contribution < -0.4 is 0 Å². The lowest BCUT2D eigenvalue weighted by Crippen LogP contribution is -2.38. The Morgan fingerprint density at radius 2 is 2.13 bits per heavy atom. The molecule has 1 aromatic rings. The second-order valence-electron chi connectivity index (χ2n) is 7.52. The van der Waals surface area contributed by atoms with Crippen LogP contribution in [-0.2, 0) is 9.53 Å². The molecular formula is C19H26N2O2. The molecule has 124 valence electrons. The molecule has 0 unspecified atom stereocenters. The van der Waals surface area contributed by atoms with E-state index in [1.54, 1.807) is 0 Å². The van der Waals surface area contributed by atoms with Gasteiger partial charge in [-0.1, -0.05) is 30.3 Å². The summed E-state index contributed by atoms with van der Waals surface area (Å²) < 4.78 is 5.53. The van der Waals surface area contributed by atoms with Crippen molar-refractivity contribution < 1.29 is 9.53 Å². The van der Waals surface area contributed by atoms with Crippen molar-refractivity contribution in [3.63, 3.8) is 0 Å². The number of benzene rings is 1. The van der Waals surface area contributed by atoms with Gasteiger partial charge in [0.15, 0.2) is 0 Å². The van der Waals surface area contributed by atoms with Crippen LogP contribution >= 0.6 is 0 Å². The molecule has 0 bridgehead atoms. The second-order valence-corrected chi connectivity index (χ2v) is 7.52. The van der Waals surface area contributed by atoms with Gasteiger partial charge in [-0.3, -0.25) is 4.79 Å². The molecule has 0 saturated carbocycles. The molecule has 3 saturated heterocycles. The molecule has 4 nitrogen and oxygen atoms in total. The lowest BCUT2D eigenvalue weighted by atomic mass is 9.73. The molecule has 3 aliphatic heterocycles. The molecule has 3 atom stereocenters. The highest BCUT2D eigenvalue weighted by atomic mass is 16.5. The fourth-order valence-corrected chi connectivity index (χ4v) is 4.77. The van der Waals surface area contributed by atoms with Gasteiger partial charge in [0.2, 0.25) is 5.91 Å². The Hall–Kier alpha value is -1.39. The maximum atomic E-state index is 13.0. The zero-order valence-electron chi connectivity index (χ0n) is 13.9. The van der Waals surface area contributed by atoms with Gasteiger partial charge in [-0.15, -0.1) is 0 Å². The van der Waals surface area contributed by atoms with E-state index in [0.717, 1.165) is 52.2 Å². The average molecular weight is 314 g/mol. The highest BCUT2D eigenvalue weighted by molar-refractivity contribution is 5.86. The van der Waals surface area contributed by atoms with Gasteiger partial charge in [0, 0.05) is 45.8 Å². The van der Waals surface area contributed by atoms with E-state index in [-0.39, 0.29) is 5.41 Å². The first-order valence-corrected chi connectivity index (χ1v) is 8.80. The van der Waals surface area contributed by atoms with Crippen LogP contribution in [0.1, 0.15) is 24.3 Å². The van der Waals surface area contributed by atoms with E-state index in [9.17, 15) is 4.79 Å². The van der Waals surface area contributed by atoms with E-state index in [1.165, 1.54) is 5.56 Å². The third-order valence-corrected chi connectivity index (χ3v) is 6.02. The molecule has 4 rings (SSSR count). The number of amides is 1. The van der Waals surface area contributed by atoms with Crippen molar-refractivity contribution in [1.29, 1.82) is 0 Å². The topological polar surface area (TPSA) is 32.8 Å². The Kier molecular flexibility index (Phi) is 3.90. The Balaban J connectivity index is 1.60. The van der Waals surface area contributed by atoms with Crippen molar-refractivity contribution in [2.24, 2.45) is 11.3 Å². The average Bonchev–Trinajstić information content (AvgIpc) is 3.27. The Morgan fingerprint density at radius 3 is 2.78 bits per heavy atom. The number of hydrogen-bond acceptors (Lipinski definition) is 3. The lowest BCUT2D eigenvalue weighted by molar-refractivity contribution is -0.135. The van der Waals surface area contributed by atoms with Gasteiger partial charge in [0.1, 0.15) is 0 Å². The largest absolute Gasteiger partial charge is 0.381 e. The molecule has 0 radical (unpaired) electrons. The number of hydrogen-bond donors (Lipinski definition) is 0. The van der Waals surface area contributed by atoms with Crippen molar-refractivity contribution in [2.75, 3.05) is 46.4 Å². The number of rotatable bonds is 3. The molecule has 0 aromatic heterocycles. The standard InChI is InChI=1S/C19H26N2O2/c1-20-9-8-19(18(20)22)14-21(11-15-7-10-23-13-15)12-17(19)16-5-3-2-4-6-16/h2-6,15,17H,7-14H2,1H3/t15-,17+,19-/m1/s1. The highest BCUT2D eigenvalue weighted by Crippen LogP contribution is 2.49. The predicted molar refractivity (Wildman–Crippen MR) is 89.2 cm³/mol. The van der Waals surface area contributed by atoms with Gasteiger partial charge in [-0.25, -0.2) is 0 Å². The first-order chi connectivity index (χ1) is 11.2. The van der Waals surface area contributed by atoms with Crippen LogP contribution in [0.5, 0.6) is 0 Å². The minimum atomic E-state index is -0.213. The zero-order chi connectivity index (χ0) is 15.9. The van der Waals surface area contributed by atoms with Crippen LogP contribution in [0.3, 0.4) is 0 Å². The number of ether oxygens (including phenoxy) is 1. The summed E-state index contributed by atoms with van der Waals surface area (Å²) in [6, 6.07) is 10.6. The summed E-state index contributed by atoms with van der Waals surface area (Å²) in [5.41, 5.74) is 1.11. The molecule has 0 aliphatic carbocycles. The summed E-state index contributed by atoms with van der Waals surface area (Å²) in [6.07, 6.45) is 2.15. The van der Waals surface area contributed by atoms with Crippen molar-refractivity contribution in [3.05, 3.63) is 35.9 Å². The Bertz CT molecular complexity index is 570. The Morgan fingerprint density at radius 1 is 1.30 bits per heavy atom. The van der Waals surface area contributed by atoms with Crippen LogP contribution in [0.2, 0.25) is 0 Å². The van der Waals surface area contributed by atoms with E-state index in [4.69, 9.17) is 4.74 Å². The fourth-order valence-electron chi connectivity index (χ4n) is 4.77. The molecule has 3 fully saturated rings. The molecule has 3 aliphatic rings. The van der Waals surface area contributed by atoms with Crippen LogP contribution in [0, 0.1) is 11.3 Å². The van der Waals surface area contributed by atoms with E-state index >= 15 is 0 Å². The number of nitrogens with zero attached hydrogens (tertiary/aromatic N) is 2. The molecule has 1 amide bonds.